The summed E-state index contributed by atoms with van der Waals surface area (Å²) in [6, 6.07) is 9.09. The first-order valence-corrected chi connectivity index (χ1v) is 8.29. The van der Waals surface area contributed by atoms with E-state index in [0.717, 1.165) is 26.1 Å². The molecule has 3 heterocycles. The van der Waals surface area contributed by atoms with Gasteiger partial charge in [-0.1, -0.05) is 18.2 Å². The van der Waals surface area contributed by atoms with Crippen LogP contribution in [0, 0.1) is 12.8 Å². The Morgan fingerprint density at radius 2 is 2.14 bits per heavy atom. The molecule has 4 nitrogen and oxygen atoms in total. The molecular formula is C18H24N4. The number of hydrazone groups is 1. The Labute approximate surface area is 131 Å². The van der Waals surface area contributed by atoms with Gasteiger partial charge in [0, 0.05) is 59.8 Å². The van der Waals surface area contributed by atoms with E-state index in [9.17, 15) is 0 Å². The van der Waals surface area contributed by atoms with Gasteiger partial charge in [-0.25, -0.2) is 0 Å². The molecule has 4 rings (SSSR count). The van der Waals surface area contributed by atoms with Gasteiger partial charge in [-0.05, 0) is 27.0 Å². The molecule has 0 radical (unpaired) electrons. The summed E-state index contributed by atoms with van der Waals surface area (Å²) in [4.78, 5) is 2.43. The molecule has 2 aromatic rings. The van der Waals surface area contributed by atoms with Crippen LogP contribution in [-0.2, 0) is 6.54 Å². The summed E-state index contributed by atoms with van der Waals surface area (Å²) in [5, 5.41) is 6.04. The molecule has 22 heavy (non-hydrogen) atoms. The Morgan fingerprint density at radius 1 is 1.32 bits per heavy atom. The second-order valence-corrected chi connectivity index (χ2v) is 6.59. The third kappa shape index (κ3) is 1.90. The second kappa shape index (κ2) is 5.13. The van der Waals surface area contributed by atoms with Crippen molar-refractivity contribution >= 4 is 16.6 Å². The van der Waals surface area contributed by atoms with E-state index in [1.165, 1.54) is 27.9 Å². The van der Waals surface area contributed by atoms with E-state index in [-0.39, 0.29) is 0 Å². The van der Waals surface area contributed by atoms with E-state index < -0.39 is 0 Å². The van der Waals surface area contributed by atoms with Crippen LogP contribution in [0.3, 0.4) is 0 Å². The predicted octanol–water partition coefficient (Wildman–Crippen LogP) is 2.92. The van der Waals surface area contributed by atoms with Crippen molar-refractivity contribution in [2.75, 3.05) is 20.1 Å². The van der Waals surface area contributed by atoms with Gasteiger partial charge in [0.2, 0.25) is 0 Å². The molecule has 2 atom stereocenters. The summed E-state index contributed by atoms with van der Waals surface area (Å²) in [5.74, 6) is 0.508. The lowest BCUT2D eigenvalue weighted by Crippen LogP contribution is -2.39. The van der Waals surface area contributed by atoms with Crippen molar-refractivity contribution in [2.45, 2.75) is 32.9 Å². The van der Waals surface area contributed by atoms with E-state index >= 15 is 0 Å². The highest BCUT2D eigenvalue weighted by Gasteiger charge is 2.38. The molecule has 0 aliphatic carbocycles. The number of hydrogen-bond donors (Lipinski definition) is 1. The Hall–Kier alpha value is -1.81. The zero-order valence-electron chi connectivity index (χ0n) is 13.6. The van der Waals surface area contributed by atoms with Crippen molar-refractivity contribution < 1.29 is 0 Å². The molecule has 1 aromatic carbocycles. The van der Waals surface area contributed by atoms with Crippen molar-refractivity contribution in [1.29, 1.82) is 0 Å². The van der Waals surface area contributed by atoms with Gasteiger partial charge in [-0.15, -0.1) is 0 Å². The summed E-state index contributed by atoms with van der Waals surface area (Å²) >= 11 is 0. The highest BCUT2D eigenvalue weighted by molar-refractivity contribution is 5.92. The fourth-order valence-corrected chi connectivity index (χ4v) is 4.23. The Balaban J connectivity index is 1.83. The topological polar surface area (TPSA) is 32.6 Å². The van der Waals surface area contributed by atoms with E-state index in [4.69, 9.17) is 0 Å². The largest absolute Gasteiger partial charge is 0.345 e. The average molecular weight is 296 g/mol. The van der Waals surface area contributed by atoms with Crippen molar-refractivity contribution in [3.05, 3.63) is 35.5 Å². The predicted molar refractivity (Wildman–Crippen MR) is 91.3 cm³/mol. The number of likely N-dealkylation sites (tertiary alicyclic amines) is 1. The summed E-state index contributed by atoms with van der Waals surface area (Å²) in [7, 11) is 2.22. The van der Waals surface area contributed by atoms with Gasteiger partial charge in [0.15, 0.2) is 0 Å². The van der Waals surface area contributed by atoms with Crippen molar-refractivity contribution in [2.24, 2.45) is 11.0 Å². The highest BCUT2D eigenvalue weighted by atomic mass is 15.4. The summed E-state index contributed by atoms with van der Waals surface area (Å²) < 4.78 is 2.43. The van der Waals surface area contributed by atoms with Crippen LogP contribution in [0.25, 0.3) is 10.9 Å². The van der Waals surface area contributed by atoms with Crippen LogP contribution in [0.4, 0.5) is 0 Å². The van der Waals surface area contributed by atoms with Crippen molar-refractivity contribution in [3.63, 3.8) is 0 Å². The minimum absolute atomic E-state index is 0.315. The number of aryl methyl sites for hydroxylation is 1. The number of benzene rings is 1. The van der Waals surface area contributed by atoms with Gasteiger partial charge in [-0.2, -0.15) is 5.10 Å². The Bertz CT molecular complexity index is 743. The number of nitrogens with one attached hydrogen (secondary N) is 1. The molecule has 0 bridgehead atoms. The molecule has 1 saturated heterocycles. The molecule has 4 heteroatoms. The quantitative estimate of drug-likeness (QED) is 0.924. The average Bonchev–Trinajstić information content (AvgIpc) is 3.04. The standard InChI is InChI=1S/C18H24N4/c1-4-22-12(2)17(13-7-5-6-8-16(13)22)18-14-11-21(3)10-9-15(14)19-20-18/h5-8,14,18,20H,4,9-11H2,1-3H3. The first kappa shape index (κ1) is 13.8. The first-order chi connectivity index (χ1) is 10.7. The molecule has 0 saturated carbocycles. The number of aromatic nitrogens is 1. The molecule has 1 N–H and O–H groups in total. The van der Waals surface area contributed by atoms with Crippen LogP contribution in [0.5, 0.6) is 0 Å². The molecule has 1 fully saturated rings. The molecular weight excluding hydrogens is 272 g/mol. The number of para-hydroxylation sites is 1. The van der Waals surface area contributed by atoms with Crippen LogP contribution in [0.1, 0.15) is 30.6 Å². The van der Waals surface area contributed by atoms with Crippen LogP contribution in [0.15, 0.2) is 29.4 Å². The zero-order valence-corrected chi connectivity index (χ0v) is 13.6. The van der Waals surface area contributed by atoms with Gasteiger partial charge in [-0.3, -0.25) is 0 Å². The Morgan fingerprint density at radius 3 is 2.95 bits per heavy atom. The number of fused-ring (bicyclic) bond motifs is 2. The summed E-state index contributed by atoms with van der Waals surface area (Å²) in [5.41, 5.74) is 8.98. The third-order valence-corrected chi connectivity index (χ3v) is 5.34. The minimum atomic E-state index is 0.315. The summed E-state index contributed by atoms with van der Waals surface area (Å²) in [6.45, 7) is 7.71. The lowest BCUT2D eigenvalue weighted by Gasteiger charge is -2.31. The van der Waals surface area contributed by atoms with Crippen molar-refractivity contribution in [1.82, 2.24) is 14.9 Å². The first-order valence-electron chi connectivity index (χ1n) is 8.29. The maximum atomic E-state index is 4.66. The highest BCUT2D eigenvalue weighted by Crippen LogP contribution is 2.38. The van der Waals surface area contributed by atoms with E-state index in [1.54, 1.807) is 0 Å². The lowest BCUT2D eigenvalue weighted by atomic mass is 9.85. The van der Waals surface area contributed by atoms with Gasteiger partial charge in [0.25, 0.3) is 0 Å². The number of nitrogens with zero attached hydrogens (tertiary/aromatic N) is 3. The number of hydrogen-bond acceptors (Lipinski definition) is 3. The zero-order chi connectivity index (χ0) is 15.3. The van der Waals surface area contributed by atoms with Crippen LogP contribution in [-0.4, -0.2) is 35.3 Å². The number of rotatable bonds is 2. The normalized spacial score (nSPS) is 25.1. The fourth-order valence-electron chi connectivity index (χ4n) is 4.23. The SMILES string of the molecule is CCn1c(C)c(C2NN=C3CCN(C)CC32)c2ccccc21. The third-order valence-electron chi connectivity index (χ3n) is 5.34. The molecule has 0 spiro atoms. The van der Waals surface area contributed by atoms with Gasteiger partial charge >= 0.3 is 0 Å². The molecule has 2 aliphatic rings. The maximum absolute atomic E-state index is 4.66. The monoisotopic (exact) mass is 296 g/mol. The minimum Gasteiger partial charge on any atom is -0.345 e. The summed E-state index contributed by atoms with van der Waals surface area (Å²) in [6.07, 6.45) is 1.09. The molecule has 1 aromatic heterocycles. The van der Waals surface area contributed by atoms with E-state index in [2.05, 4.69) is 65.2 Å². The van der Waals surface area contributed by atoms with E-state index in [0.29, 0.717) is 12.0 Å². The smallest absolute Gasteiger partial charge is 0.0806 e. The number of piperidine rings is 1. The van der Waals surface area contributed by atoms with E-state index in [1.807, 2.05) is 0 Å². The molecule has 2 unspecified atom stereocenters. The van der Waals surface area contributed by atoms with Gasteiger partial charge in [0.1, 0.15) is 0 Å². The maximum Gasteiger partial charge on any atom is 0.0806 e. The van der Waals surface area contributed by atoms with Gasteiger partial charge in [0.05, 0.1) is 6.04 Å². The Kier molecular flexibility index (Phi) is 3.22. The molecule has 0 amide bonds. The molecule has 2 aliphatic heterocycles. The van der Waals surface area contributed by atoms with Crippen molar-refractivity contribution in [3.8, 4) is 0 Å². The second-order valence-electron chi connectivity index (χ2n) is 6.59. The van der Waals surface area contributed by atoms with Crippen LogP contribution in [0.2, 0.25) is 0 Å². The van der Waals surface area contributed by atoms with Crippen LogP contribution < -0.4 is 5.43 Å². The van der Waals surface area contributed by atoms with Crippen LogP contribution >= 0.6 is 0 Å². The lowest BCUT2D eigenvalue weighted by molar-refractivity contribution is 0.273. The fraction of sp³-hybridized carbons (Fsp3) is 0.500. The van der Waals surface area contributed by atoms with Gasteiger partial charge < -0.3 is 14.9 Å². The molecule has 116 valence electrons.